The van der Waals surface area contributed by atoms with Crippen molar-refractivity contribution in [1.29, 1.82) is 0 Å². The maximum absolute atomic E-state index is 13.5. The molecule has 4 nitrogen and oxygen atoms in total. The molecule has 4 rings (SSSR count). The summed E-state index contributed by atoms with van der Waals surface area (Å²) in [6, 6.07) is 13.4. The molecule has 2 aromatic rings. The third-order valence-electron chi connectivity index (χ3n) is 5.45. The summed E-state index contributed by atoms with van der Waals surface area (Å²) < 4.78 is 28.7. The van der Waals surface area contributed by atoms with E-state index >= 15 is 0 Å². The molecule has 0 N–H and O–H groups in total. The van der Waals surface area contributed by atoms with Gasteiger partial charge in [0.15, 0.2) is 0 Å². The first-order valence-corrected chi connectivity index (χ1v) is 10.2. The minimum Gasteiger partial charge on any atom is -0.306 e. The highest BCUT2D eigenvalue weighted by atomic mass is 32.2. The minimum atomic E-state index is -3.56. The Labute approximate surface area is 150 Å². The van der Waals surface area contributed by atoms with Gasteiger partial charge in [-0.2, -0.15) is 0 Å². The maximum Gasteiger partial charge on any atom is 0.264 e. The number of anilines is 1. The Hall–Kier alpha value is -1.85. The van der Waals surface area contributed by atoms with Crippen molar-refractivity contribution in [2.75, 3.05) is 24.4 Å². The number of fused-ring (bicyclic) bond motifs is 3. The van der Waals surface area contributed by atoms with Crippen LogP contribution in [0, 0.1) is 13.8 Å². The lowest BCUT2D eigenvalue weighted by Crippen LogP contribution is -2.47. The highest BCUT2D eigenvalue weighted by molar-refractivity contribution is 7.92. The number of piperidine rings is 1. The van der Waals surface area contributed by atoms with E-state index in [1.807, 2.05) is 31.2 Å². The van der Waals surface area contributed by atoms with Gasteiger partial charge in [-0.25, -0.2) is 8.42 Å². The molecule has 132 valence electrons. The Kier molecular flexibility index (Phi) is 3.89. The van der Waals surface area contributed by atoms with Gasteiger partial charge in [0.2, 0.25) is 0 Å². The van der Waals surface area contributed by atoms with Gasteiger partial charge in [0.25, 0.3) is 10.0 Å². The monoisotopic (exact) mass is 356 g/mol. The summed E-state index contributed by atoms with van der Waals surface area (Å²) in [5.41, 5.74) is 4.18. The molecule has 2 aromatic carbocycles. The summed E-state index contributed by atoms with van der Waals surface area (Å²) in [4.78, 5) is 2.69. The van der Waals surface area contributed by atoms with Crippen LogP contribution in [0.4, 0.5) is 5.69 Å². The molecule has 5 heteroatoms. The maximum atomic E-state index is 13.5. The Balaban J connectivity index is 1.87. The zero-order chi connectivity index (χ0) is 17.8. The molecule has 2 heterocycles. The number of likely N-dealkylation sites (N-methyl/N-ethyl adjacent to an activating group) is 1. The zero-order valence-electron chi connectivity index (χ0n) is 14.9. The molecule has 2 aliphatic rings. The van der Waals surface area contributed by atoms with Gasteiger partial charge in [0.05, 0.1) is 16.6 Å². The summed E-state index contributed by atoms with van der Waals surface area (Å²) >= 11 is 0. The molecule has 1 saturated heterocycles. The fourth-order valence-electron chi connectivity index (χ4n) is 4.24. The van der Waals surface area contributed by atoms with Gasteiger partial charge in [-0.05, 0) is 63.2 Å². The highest BCUT2D eigenvalue weighted by Crippen LogP contribution is 2.47. The van der Waals surface area contributed by atoms with Gasteiger partial charge < -0.3 is 4.90 Å². The molecule has 2 unspecified atom stereocenters. The Morgan fingerprint density at radius 3 is 2.56 bits per heavy atom. The fourth-order valence-corrected chi connectivity index (χ4v) is 6.08. The molecule has 0 amide bonds. The average molecular weight is 356 g/mol. The van der Waals surface area contributed by atoms with E-state index < -0.39 is 10.0 Å². The zero-order valence-corrected chi connectivity index (χ0v) is 15.8. The smallest absolute Gasteiger partial charge is 0.264 e. The number of nitrogens with zero attached hydrogens (tertiary/aromatic N) is 2. The van der Waals surface area contributed by atoms with Crippen molar-refractivity contribution in [2.45, 2.75) is 37.1 Å². The SMILES string of the molecule is Cc1cccc(S(=O)(=O)N2c3ccc(C)cc3C3CN(C)CCC32)c1. The first-order valence-electron chi connectivity index (χ1n) is 8.78. The molecule has 0 aromatic heterocycles. The Morgan fingerprint density at radius 2 is 1.80 bits per heavy atom. The highest BCUT2D eigenvalue weighted by Gasteiger charge is 2.46. The van der Waals surface area contributed by atoms with E-state index in [1.165, 1.54) is 11.1 Å². The molecule has 0 saturated carbocycles. The molecule has 1 fully saturated rings. The van der Waals surface area contributed by atoms with Crippen molar-refractivity contribution in [3.8, 4) is 0 Å². The van der Waals surface area contributed by atoms with Crippen molar-refractivity contribution >= 4 is 15.7 Å². The lowest BCUT2D eigenvalue weighted by Gasteiger charge is -2.36. The van der Waals surface area contributed by atoms with Crippen molar-refractivity contribution in [1.82, 2.24) is 4.90 Å². The number of hydrogen-bond donors (Lipinski definition) is 0. The van der Waals surface area contributed by atoms with E-state index in [-0.39, 0.29) is 12.0 Å². The van der Waals surface area contributed by atoms with E-state index in [0.717, 1.165) is 30.8 Å². The molecule has 2 atom stereocenters. The van der Waals surface area contributed by atoms with Crippen molar-refractivity contribution in [3.63, 3.8) is 0 Å². The van der Waals surface area contributed by atoms with Crippen molar-refractivity contribution in [2.24, 2.45) is 0 Å². The number of sulfonamides is 1. The molecule has 0 radical (unpaired) electrons. The van der Waals surface area contributed by atoms with Crippen molar-refractivity contribution < 1.29 is 8.42 Å². The lowest BCUT2D eigenvalue weighted by molar-refractivity contribution is 0.237. The summed E-state index contributed by atoms with van der Waals surface area (Å²) in [5.74, 6) is 0.244. The van der Waals surface area contributed by atoms with Crippen LogP contribution in [0.2, 0.25) is 0 Å². The van der Waals surface area contributed by atoms with E-state index in [2.05, 4.69) is 24.9 Å². The standard InChI is InChI=1S/C20H24N2O2S/c1-14-5-4-6-16(11-14)25(23,24)22-19-8-7-15(2)12-17(19)18-13-21(3)10-9-20(18)22/h4-8,11-12,18,20H,9-10,13H2,1-3H3. The van der Waals surface area contributed by atoms with Crippen LogP contribution in [0.15, 0.2) is 47.4 Å². The van der Waals surface area contributed by atoms with Gasteiger partial charge in [0.1, 0.15) is 0 Å². The lowest BCUT2D eigenvalue weighted by atomic mass is 9.89. The van der Waals surface area contributed by atoms with E-state index in [1.54, 1.807) is 16.4 Å². The van der Waals surface area contributed by atoms with Crippen LogP contribution < -0.4 is 4.31 Å². The number of rotatable bonds is 2. The van der Waals surface area contributed by atoms with Crippen LogP contribution in [0.3, 0.4) is 0 Å². The summed E-state index contributed by atoms with van der Waals surface area (Å²) in [6.07, 6.45) is 0.861. The summed E-state index contributed by atoms with van der Waals surface area (Å²) in [6.45, 7) is 5.83. The number of hydrogen-bond acceptors (Lipinski definition) is 3. The van der Waals surface area contributed by atoms with Gasteiger partial charge >= 0.3 is 0 Å². The third-order valence-corrected chi connectivity index (χ3v) is 7.28. The van der Waals surface area contributed by atoms with Crippen LogP contribution in [0.1, 0.15) is 29.0 Å². The van der Waals surface area contributed by atoms with Crippen LogP contribution in [-0.4, -0.2) is 39.5 Å². The second-order valence-electron chi connectivity index (χ2n) is 7.40. The van der Waals surface area contributed by atoms with Crippen molar-refractivity contribution in [3.05, 3.63) is 59.2 Å². The second kappa shape index (κ2) is 5.85. The quantitative estimate of drug-likeness (QED) is 0.829. The third kappa shape index (κ3) is 2.66. The fraction of sp³-hybridized carbons (Fsp3) is 0.400. The van der Waals surface area contributed by atoms with Gasteiger partial charge in [-0.3, -0.25) is 4.31 Å². The molecular weight excluding hydrogens is 332 g/mol. The average Bonchev–Trinajstić information content (AvgIpc) is 2.88. The van der Waals surface area contributed by atoms with Crippen LogP contribution in [-0.2, 0) is 10.0 Å². The topological polar surface area (TPSA) is 40.6 Å². The Morgan fingerprint density at radius 1 is 1.04 bits per heavy atom. The second-order valence-corrected chi connectivity index (χ2v) is 9.22. The molecule has 0 aliphatic carbocycles. The van der Waals surface area contributed by atoms with Gasteiger partial charge in [0, 0.05) is 12.5 Å². The molecule has 2 aliphatic heterocycles. The molecular formula is C20H24N2O2S. The predicted molar refractivity (Wildman–Crippen MR) is 101 cm³/mol. The normalized spacial score (nSPS) is 23.4. The van der Waals surface area contributed by atoms with E-state index in [9.17, 15) is 8.42 Å². The number of benzene rings is 2. The largest absolute Gasteiger partial charge is 0.306 e. The first kappa shape index (κ1) is 16.6. The van der Waals surface area contributed by atoms with E-state index in [4.69, 9.17) is 0 Å². The molecule has 0 bridgehead atoms. The summed E-state index contributed by atoms with van der Waals surface area (Å²) in [7, 11) is -1.45. The molecule has 25 heavy (non-hydrogen) atoms. The first-order chi connectivity index (χ1) is 11.9. The van der Waals surface area contributed by atoms with Gasteiger partial charge in [-0.1, -0.05) is 29.8 Å². The van der Waals surface area contributed by atoms with Crippen LogP contribution >= 0.6 is 0 Å². The number of aryl methyl sites for hydroxylation is 2. The summed E-state index contributed by atoms with van der Waals surface area (Å²) in [5, 5.41) is 0. The number of likely N-dealkylation sites (tertiary alicyclic amines) is 1. The predicted octanol–water partition coefficient (Wildman–Crippen LogP) is 3.30. The molecule has 0 spiro atoms. The minimum absolute atomic E-state index is 0.0125. The van der Waals surface area contributed by atoms with E-state index in [0.29, 0.717) is 4.90 Å². The van der Waals surface area contributed by atoms with Crippen LogP contribution in [0.5, 0.6) is 0 Å². The van der Waals surface area contributed by atoms with Gasteiger partial charge in [-0.15, -0.1) is 0 Å². The Bertz CT molecular complexity index is 923. The van der Waals surface area contributed by atoms with Crippen LogP contribution in [0.25, 0.3) is 0 Å².